The normalized spacial score (nSPS) is 19.0. The number of H-pyrrole nitrogens is 1. The van der Waals surface area contributed by atoms with Gasteiger partial charge in [0.05, 0.1) is 29.9 Å². The van der Waals surface area contributed by atoms with Crippen molar-refractivity contribution < 1.29 is 17.9 Å². The summed E-state index contributed by atoms with van der Waals surface area (Å²) in [6, 6.07) is 11.9. The summed E-state index contributed by atoms with van der Waals surface area (Å²) in [6.45, 7) is 8.06. The zero-order valence-corrected chi connectivity index (χ0v) is 28.5. The Kier molecular flexibility index (Phi) is 8.99. The molecule has 2 saturated heterocycles. The Balaban J connectivity index is 0.989. The molecule has 0 amide bonds. The van der Waals surface area contributed by atoms with Gasteiger partial charge in [0.15, 0.2) is 16.6 Å². The van der Waals surface area contributed by atoms with E-state index < -0.39 is 10.0 Å². The fourth-order valence-corrected chi connectivity index (χ4v) is 8.26. The van der Waals surface area contributed by atoms with Crippen LogP contribution in [-0.4, -0.2) is 103 Å². The highest BCUT2D eigenvalue weighted by Crippen LogP contribution is 2.38. The molecule has 3 aliphatic rings. The number of likely N-dealkylation sites (tertiary alicyclic amines) is 1. The van der Waals surface area contributed by atoms with Gasteiger partial charge in [-0.3, -0.25) is 4.72 Å². The maximum Gasteiger partial charge on any atom is 0.235 e. The SMILES string of the molecule is COc1cc2c(cc1OCCCN1CCCC1C)[nH]c1ncnc(N3CCN(C(=S)Nc4ccc(NS(=O)(=O)C5CC5)cc4)CC3)c12. The molecular formula is C33H42N8O4S2. The lowest BCUT2D eigenvalue weighted by molar-refractivity contribution is 0.226. The maximum atomic E-state index is 12.2. The summed E-state index contributed by atoms with van der Waals surface area (Å²) in [4.78, 5) is 19.7. The molecule has 1 saturated carbocycles. The van der Waals surface area contributed by atoms with Crippen molar-refractivity contribution in [1.82, 2.24) is 24.8 Å². The highest BCUT2D eigenvalue weighted by molar-refractivity contribution is 7.93. The van der Waals surface area contributed by atoms with Crippen molar-refractivity contribution in [3.63, 3.8) is 0 Å². The van der Waals surface area contributed by atoms with Gasteiger partial charge in [0.2, 0.25) is 10.0 Å². The van der Waals surface area contributed by atoms with E-state index in [1.807, 2.05) is 24.3 Å². The molecule has 1 atom stereocenters. The van der Waals surface area contributed by atoms with Crippen LogP contribution in [0.3, 0.4) is 0 Å². The third kappa shape index (κ3) is 6.90. The van der Waals surface area contributed by atoms with Crippen molar-refractivity contribution in [3.05, 3.63) is 42.7 Å². The summed E-state index contributed by atoms with van der Waals surface area (Å²) in [6.07, 6.45) is 6.59. The number of nitrogens with zero attached hydrogens (tertiary/aromatic N) is 5. The number of aromatic nitrogens is 3. The van der Waals surface area contributed by atoms with Crippen LogP contribution in [0.25, 0.3) is 21.9 Å². The van der Waals surface area contributed by atoms with Gasteiger partial charge in [-0.1, -0.05) is 0 Å². The molecule has 1 unspecified atom stereocenters. The van der Waals surface area contributed by atoms with Gasteiger partial charge in [-0.25, -0.2) is 18.4 Å². The first kappa shape index (κ1) is 31.7. The van der Waals surface area contributed by atoms with E-state index in [-0.39, 0.29) is 5.25 Å². The Labute approximate surface area is 280 Å². The minimum Gasteiger partial charge on any atom is -0.493 e. The van der Waals surface area contributed by atoms with Crippen LogP contribution in [0.4, 0.5) is 17.2 Å². The lowest BCUT2D eigenvalue weighted by Crippen LogP contribution is -2.50. The number of thiocarbonyl (C=S) groups is 1. The van der Waals surface area contributed by atoms with E-state index in [1.165, 1.54) is 19.4 Å². The van der Waals surface area contributed by atoms with Crippen LogP contribution in [0.2, 0.25) is 0 Å². The summed E-state index contributed by atoms with van der Waals surface area (Å²) in [7, 11) is -1.62. The number of rotatable bonds is 11. The van der Waals surface area contributed by atoms with Gasteiger partial charge in [0.1, 0.15) is 17.8 Å². The number of benzene rings is 2. The average Bonchev–Trinajstić information content (AvgIpc) is 3.78. The summed E-state index contributed by atoms with van der Waals surface area (Å²) in [5, 5.41) is 5.61. The second-order valence-electron chi connectivity index (χ2n) is 12.7. The maximum absolute atomic E-state index is 12.2. The Morgan fingerprint density at radius 3 is 2.49 bits per heavy atom. The second-order valence-corrected chi connectivity index (χ2v) is 15.0. The van der Waals surface area contributed by atoms with Crippen molar-refractivity contribution in [2.75, 3.05) is 67.9 Å². The van der Waals surface area contributed by atoms with E-state index in [0.29, 0.717) is 29.2 Å². The van der Waals surface area contributed by atoms with Crippen molar-refractivity contribution in [2.45, 2.75) is 50.3 Å². The van der Waals surface area contributed by atoms with Crippen molar-refractivity contribution in [2.24, 2.45) is 0 Å². The van der Waals surface area contributed by atoms with E-state index in [4.69, 9.17) is 26.7 Å². The number of ether oxygens (including phenoxy) is 2. The van der Waals surface area contributed by atoms with Crippen LogP contribution in [-0.2, 0) is 10.0 Å². The summed E-state index contributed by atoms with van der Waals surface area (Å²) < 4.78 is 39.1. The van der Waals surface area contributed by atoms with Gasteiger partial charge in [-0.05, 0) is 88.1 Å². The predicted molar refractivity (Wildman–Crippen MR) is 190 cm³/mol. The van der Waals surface area contributed by atoms with Gasteiger partial charge in [0.25, 0.3) is 0 Å². The minimum atomic E-state index is -3.29. The van der Waals surface area contributed by atoms with Crippen LogP contribution in [0.5, 0.6) is 11.5 Å². The average molecular weight is 679 g/mol. The molecule has 3 fully saturated rings. The third-order valence-electron chi connectivity index (χ3n) is 9.42. The smallest absolute Gasteiger partial charge is 0.235 e. The molecule has 47 heavy (non-hydrogen) atoms. The van der Waals surface area contributed by atoms with E-state index in [9.17, 15) is 8.42 Å². The highest BCUT2D eigenvalue weighted by Gasteiger charge is 2.35. The molecule has 3 N–H and O–H groups in total. The predicted octanol–water partition coefficient (Wildman–Crippen LogP) is 4.80. The quantitative estimate of drug-likeness (QED) is 0.150. The molecule has 0 spiro atoms. The molecule has 2 aromatic carbocycles. The zero-order chi connectivity index (χ0) is 32.5. The number of fused-ring (bicyclic) bond motifs is 3. The van der Waals surface area contributed by atoms with E-state index in [1.54, 1.807) is 25.6 Å². The van der Waals surface area contributed by atoms with Crippen molar-refractivity contribution in [3.8, 4) is 11.5 Å². The van der Waals surface area contributed by atoms with Gasteiger partial charge >= 0.3 is 0 Å². The Bertz CT molecular complexity index is 1850. The Hall–Kier alpha value is -3.88. The highest BCUT2D eigenvalue weighted by atomic mass is 32.2. The number of piperazine rings is 1. The molecule has 12 nitrogen and oxygen atoms in total. The first-order valence-electron chi connectivity index (χ1n) is 16.4. The molecule has 0 radical (unpaired) electrons. The van der Waals surface area contributed by atoms with Gasteiger partial charge in [-0.2, -0.15) is 0 Å². The van der Waals surface area contributed by atoms with E-state index in [2.05, 4.69) is 41.6 Å². The molecule has 0 bridgehead atoms. The summed E-state index contributed by atoms with van der Waals surface area (Å²) in [5.41, 5.74) is 3.07. The largest absolute Gasteiger partial charge is 0.493 e. The summed E-state index contributed by atoms with van der Waals surface area (Å²) in [5.74, 6) is 2.29. The molecule has 250 valence electrons. The monoisotopic (exact) mass is 678 g/mol. The van der Waals surface area contributed by atoms with Crippen LogP contribution in [0, 0.1) is 0 Å². The van der Waals surface area contributed by atoms with Crippen molar-refractivity contribution >= 4 is 66.5 Å². The number of sulfonamides is 1. The lowest BCUT2D eigenvalue weighted by Gasteiger charge is -2.37. The van der Waals surface area contributed by atoms with Crippen LogP contribution in [0.1, 0.15) is 39.0 Å². The first-order chi connectivity index (χ1) is 22.8. The number of anilines is 3. The third-order valence-corrected chi connectivity index (χ3v) is 11.6. The topological polar surface area (TPSA) is 128 Å². The molecule has 14 heteroatoms. The number of hydrogen-bond donors (Lipinski definition) is 3. The molecule has 1 aliphatic carbocycles. The molecule has 4 heterocycles. The fourth-order valence-electron chi connectivity index (χ4n) is 6.58. The fraction of sp³-hybridized carbons (Fsp3) is 0.485. The molecule has 2 aromatic heterocycles. The minimum absolute atomic E-state index is 0.264. The van der Waals surface area contributed by atoms with Crippen molar-refractivity contribution in [1.29, 1.82) is 0 Å². The lowest BCUT2D eigenvalue weighted by atomic mass is 10.1. The van der Waals surface area contributed by atoms with Gasteiger partial charge in [0, 0.05) is 61.6 Å². The van der Waals surface area contributed by atoms with Crippen LogP contribution in [0.15, 0.2) is 42.7 Å². The Morgan fingerprint density at radius 1 is 1.02 bits per heavy atom. The standard InChI is InChI=1S/C33H42N8O4S2/c1-22-5-3-12-39(22)13-4-18-45-29-20-27-26(19-28(29)44-2)30-31(37-27)34-21-35-32(30)40-14-16-41(17-15-40)33(46)36-23-6-8-24(9-7-23)38-47(42,43)25-10-11-25/h6-9,19-22,25,38H,3-5,10-18H2,1-2H3,(H,36,46)(H,34,35,37). The molecule has 7 rings (SSSR count). The molecule has 2 aliphatic heterocycles. The zero-order valence-electron chi connectivity index (χ0n) is 26.9. The number of hydrogen-bond acceptors (Lipinski definition) is 9. The van der Waals surface area contributed by atoms with Crippen LogP contribution >= 0.6 is 12.2 Å². The first-order valence-corrected chi connectivity index (χ1v) is 18.4. The van der Waals surface area contributed by atoms with Gasteiger partial charge in [-0.15, -0.1) is 0 Å². The van der Waals surface area contributed by atoms with E-state index >= 15 is 0 Å². The van der Waals surface area contributed by atoms with Crippen LogP contribution < -0.4 is 24.4 Å². The number of methoxy groups -OCH3 is 1. The van der Waals surface area contributed by atoms with E-state index in [0.717, 1.165) is 91.2 Å². The number of nitrogens with one attached hydrogen (secondary N) is 3. The molecular weight excluding hydrogens is 637 g/mol. The molecule has 4 aromatic rings. The second kappa shape index (κ2) is 13.3. The summed E-state index contributed by atoms with van der Waals surface area (Å²) >= 11 is 5.74. The van der Waals surface area contributed by atoms with Gasteiger partial charge < -0.3 is 34.5 Å². The number of aromatic amines is 1. The Morgan fingerprint density at radius 2 is 1.79 bits per heavy atom.